The number of imidazole rings is 1. The molecule has 4 aromatic rings. The summed E-state index contributed by atoms with van der Waals surface area (Å²) in [5, 5.41) is 4.92. The quantitative estimate of drug-likeness (QED) is 0.388. The largest absolute Gasteiger partial charge is 0.327 e. The molecule has 7 heteroatoms. The molecule has 1 fully saturated rings. The summed E-state index contributed by atoms with van der Waals surface area (Å²) in [6.45, 7) is 9.25. The first-order valence-electron chi connectivity index (χ1n) is 12.0. The number of hydrogen-bond donors (Lipinski definition) is 1. The molecule has 0 unspecified atom stereocenters. The highest BCUT2D eigenvalue weighted by Gasteiger charge is 2.20. The van der Waals surface area contributed by atoms with Crippen molar-refractivity contribution < 1.29 is 4.79 Å². The Morgan fingerprint density at radius 3 is 2.44 bits per heavy atom. The fourth-order valence-electron chi connectivity index (χ4n) is 4.60. The lowest BCUT2D eigenvalue weighted by Crippen LogP contribution is -2.45. The van der Waals surface area contributed by atoms with Crippen molar-refractivity contribution in [3.8, 4) is 0 Å². The van der Waals surface area contributed by atoms with Crippen LogP contribution >= 0.6 is 11.3 Å². The smallest absolute Gasteiger partial charge is 0.265 e. The van der Waals surface area contributed by atoms with Crippen molar-refractivity contribution in [3.63, 3.8) is 0 Å². The van der Waals surface area contributed by atoms with E-state index in [1.54, 1.807) is 0 Å². The first kappa shape index (κ1) is 22.8. The second kappa shape index (κ2) is 10.5. The molecule has 1 N–H and O–H groups in total. The van der Waals surface area contributed by atoms with Crippen LogP contribution < -0.4 is 5.32 Å². The summed E-state index contributed by atoms with van der Waals surface area (Å²) in [7, 11) is 0. The maximum absolute atomic E-state index is 12.5. The average molecular weight is 474 g/mol. The lowest BCUT2D eigenvalue weighted by atomic mass is 10.2. The average Bonchev–Trinajstić information content (AvgIpc) is 3.50. The molecule has 2 aromatic heterocycles. The molecule has 1 amide bonds. The maximum Gasteiger partial charge on any atom is 0.265 e. The minimum atomic E-state index is -0.0732. The van der Waals surface area contributed by atoms with E-state index in [1.165, 1.54) is 16.9 Å². The van der Waals surface area contributed by atoms with Gasteiger partial charge in [0, 0.05) is 45.0 Å². The van der Waals surface area contributed by atoms with Crippen molar-refractivity contribution in [2.24, 2.45) is 0 Å². The van der Waals surface area contributed by atoms with Crippen LogP contribution in [-0.4, -0.2) is 51.4 Å². The number of amides is 1. The number of aryl methyl sites for hydroxylation is 1. The van der Waals surface area contributed by atoms with Gasteiger partial charge in [0.2, 0.25) is 0 Å². The van der Waals surface area contributed by atoms with Gasteiger partial charge in [-0.25, -0.2) is 4.98 Å². The summed E-state index contributed by atoms with van der Waals surface area (Å²) in [6.07, 6.45) is 1.06. The van der Waals surface area contributed by atoms with Gasteiger partial charge < -0.3 is 9.88 Å². The van der Waals surface area contributed by atoms with E-state index in [4.69, 9.17) is 4.98 Å². The number of aromatic nitrogens is 2. The molecule has 1 saturated heterocycles. The van der Waals surface area contributed by atoms with E-state index < -0.39 is 0 Å². The minimum absolute atomic E-state index is 0.0732. The number of nitrogens with zero attached hydrogens (tertiary/aromatic N) is 4. The fourth-order valence-corrected chi connectivity index (χ4v) is 5.22. The van der Waals surface area contributed by atoms with Gasteiger partial charge in [-0.15, -0.1) is 11.3 Å². The zero-order valence-electron chi connectivity index (χ0n) is 19.6. The summed E-state index contributed by atoms with van der Waals surface area (Å²) in [5.74, 6) is 1.03. The van der Waals surface area contributed by atoms with Crippen LogP contribution in [0.5, 0.6) is 0 Å². The summed E-state index contributed by atoms with van der Waals surface area (Å²) in [5.41, 5.74) is 4.24. The predicted octanol–water partition coefficient (Wildman–Crippen LogP) is 5.08. The number of rotatable bonds is 8. The Balaban J connectivity index is 1.27. The number of fused-ring (bicyclic) bond motifs is 1. The van der Waals surface area contributed by atoms with Gasteiger partial charge in [0.15, 0.2) is 0 Å². The topological polar surface area (TPSA) is 53.4 Å². The van der Waals surface area contributed by atoms with Crippen LogP contribution in [0.4, 0.5) is 5.69 Å². The van der Waals surface area contributed by atoms with E-state index in [2.05, 4.69) is 63.0 Å². The molecule has 176 valence electrons. The minimum Gasteiger partial charge on any atom is -0.327 e. The predicted molar refractivity (Wildman–Crippen MR) is 139 cm³/mol. The summed E-state index contributed by atoms with van der Waals surface area (Å²) < 4.78 is 2.34. The van der Waals surface area contributed by atoms with Crippen LogP contribution in [0.1, 0.15) is 34.4 Å². The summed E-state index contributed by atoms with van der Waals surface area (Å²) in [4.78, 5) is 23.2. The van der Waals surface area contributed by atoms with Gasteiger partial charge in [0.1, 0.15) is 5.82 Å². The molecule has 0 radical (unpaired) electrons. The number of carbonyl (C=O) groups is 1. The Morgan fingerprint density at radius 2 is 1.74 bits per heavy atom. The molecule has 34 heavy (non-hydrogen) atoms. The van der Waals surface area contributed by atoms with Crippen molar-refractivity contribution >= 4 is 34.0 Å². The Bertz CT molecular complexity index is 1230. The lowest BCUT2D eigenvalue weighted by Gasteiger charge is -2.34. The van der Waals surface area contributed by atoms with E-state index in [0.29, 0.717) is 4.88 Å². The number of nitrogens with one attached hydrogen (secondary N) is 1. The van der Waals surface area contributed by atoms with Gasteiger partial charge >= 0.3 is 0 Å². The number of piperazine rings is 1. The van der Waals surface area contributed by atoms with Crippen LogP contribution in [0.15, 0.2) is 66.0 Å². The maximum atomic E-state index is 12.5. The standard InChI is InChI=1S/C27H31N5OS/c1-2-12-32-24-11-10-22(28-27(33)25-9-6-17-34-25)18-23(24)29-26(32)20-31-15-13-30(14-16-31)19-21-7-4-3-5-8-21/h3-11,17-18H,2,12-16,19-20H2,1H3,(H,28,33). The highest BCUT2D eigenvalue weighted by molar-refractivity contribution is 7.12. The molecule has 3 heterocycles. The molecule has 1 aliphatic heterocycles. The van der Waals surface area contributed by atoms with Crippen molar-refractivity contribution in [1.29, 1.82) is 0 Å². The number of thiophene rings is 1. The van der Waals surface area contributed by atoms with Gasteiger partial charge in [0.05, 0.1) is 22.5 Å². The second-order valence-corrected chi connectivity index (χ2v) is 9.80. The van der Waals surface area contributed by atoms with Gasteiger partial charge in [-0.3, -0.25) is 14.6 Å². The molecule has 6 nitrogen and oxygen atoms in total. The van der Waals surface area contributed by atoms with Crippen LogP contribution in [0.25, 0.3) is 11.0 Å². The Kier molecular flexibility index (Phi) is 7.04. The van der Waals surface area contributed by atoms with Crippen LogP contribution in [-0.2, 0) is 19.6 Å². The molecule has 5 rings (SSSR count). The summed E-state index contributed by atoms with van der Waals surface area (Å²) in [6, 6.07) is 20.5. The monoisotopic (exact) mass is 473 g/mol. The Labute approximate surface area is 204 Å². The molecule has 2 aromatic carbocycles. The fraction of sp³-hybridized carbons (Fsp3) is 0.333. The van der Waals surface area contributed by atoms with Gasteiger partial charge in [0.25, 0.3) is 5.91 Å². The SMILES string of the molecule is CCCn1c(CN2CCN(Cc3ccccc3)CC2)nc2cc(NC(=O)c3cccs3)ccc21. The summed E-state index contributed by atoms with van der Waals surface area (Å²) >= 11 is 1.45. The van der Waals surface area contributed by atoms with E-state index in [1.807, 2.05) is 29.6 Å². The number of anilines is 1. The molecule has 0 saturated carbocycles. The number of carbonyl (C=O) groups excluding carboxylic acids is 1. The molecular weight excluding hydrogens is 442 g/mol. The highest BCUT2D eigenvalue weighted by atomic mass is 32.1. The molecule has 0 aliphatic carbocycles. The van der Waals surface area contributed by atoms with E-state index >= 15 is 0 Å². The van der Waals surface area contributed by atoms with E-state index in [0.717, 1.165) is 74.8 Å². The van der Waals surface area contributed by atoms with Crippen LogP contribution in [0.2, 0.25) is 0 Å². The molecule has 1 aliphatic rings. The highest BCUT2D eigenvalue weighted by Crippen LogP contribution is 2.23. The normalized spacial score (nSPS) is 15.1. The van der Waals surface area contributed by atoms with Gasteiger partial charge in [-0.1, -0.05) is 43.3 Å². The van der Waals surface area contributed by atoms with Gasteiger partial charge in [-0.05, 0) is 41.6 Å². The van der Waals surface area contributed by atoms with E-state index in [-0.39, 0.29) is 5.91 Å². The third-order valence-electron chi connectivity index (χ3n) is 6.36. The zero-order chi connectivity index (χ0) is 23.3. The van der Waals surface area contributed by atoms with Crippen molar-refractivity contribution in [2.75, 3.05) is 31.5 Å². The zero-order valence-corrected chi connectivity index (χ0v) is 20.4. The van der Waals surface area contributed by atoms with Crippen molar-refractivity contribution in [2.45, 2.75) is 33.0 Å². The van der Waals surface area contributed by atoms with E-state index in [9.17, 15) is 4.79 Å². The first-order valence-corrected chi connectivity index (χ1v) is 12.9. The molecular formula is C27H31N5OS. The third-order valence-corrected chi connectivity index (χ3v) is 7.22. The van der Waals surface area contributed by atoms with Crippen molar-refractivity contribution in [1.82, 2.24) is 19.4 Å². The molecule has 0 spiro atoms. The Hall–Kier alpha value is -3.00. The molecule has 0 atom stereocenters. The van der Waals surface area contributed by atoms with Crippen LogP contribution in [0.3, 0.4) is 0 Å². The number of benzene rings is 2. The van der Waals surface area contributed by atoms with Gasteiger partial charge in [-0.2, -0.15) is 0 Å². The Morgan fingerprint density at radius 1 is 0.971 bits per heavy atom. The third kappa shape index (κ3) is 5.22. The molecule has 0 bridgehead atoms. The second-order valence-electron chi connectivity index (χ2n) is 8.85. The van der Waals surface area contributed by atoms with Crippen molar-refractivity contribution in [3.05, 3.63) is 82.3 Å². The lowest BCUT2D eigenvalue weighted by molar-refractivity contribution is 0.103. The first-order chi connectivity index (χ1) is 16.7. The number of hydrogen-bond acceptors (Lipinski definition) is 5. The van der Waals surface area contributed by atoms with Crippen LogP contribution in [0, 0.1) is 0 Å².